The van der Waals surface area contributed by atoms with Crippen molar-refractivity contribution in [3.05, 3.63) is 64.6 Å². The SMILES string of the molecule is COc1cc(Nc2nc(Nc3ccc4c(c3)CN(S(N)(=O)=O)CC4)ncc2F)ccc1Cl. The van der Waals surface area contributed by atoms with E-state index in [1.165, 1.54) is 11.4 Å². The number of anilines is 4. The van der Waals surface area contributed by atoms with Crippen LogP contribution in [0.25, 0.3) is 0 Å². The summed E-state index contributed by atoms with van der Waals surface area (Å²) in [7, 11) is -2.28. The first-order valence-corrected chi connectivity index (χ1v) is 11.4. The lowest BCUT2D eigenvalue weighted by atomic mass is 10.0. The highest BCUT2D eigenvalue weighted by atomic mass is 35.5. The molecule has 4 rings (SSSR count). The van der Waals surface area contributed by atoms with E-state index >= 15 is 0 Å². The Morgan fingerprint density at radius 1 is 1.16 bits per heavy atom. The van der Waals surface area contributed by atoms with Crippen LogP contribution in [-0.4, -0.2) is 36.3 Å². The van der Waals surface area contributed by atoms with E-state index in [4.69, 9.17) is 21.5 Å². The monoisotopic (exact) mass is 478 g/mol. The van der Waals surface area contributed by atoms with Crippen LogP contribution in [0.1, 0.15) is 11.1 Å². The van der Waals surface area contributed by atoms with Crippen LogP contribution >= 0.6 is 11.6 Å². The number of hydrogen-bond donors (Lipinski definition) is 3. The molecule has 0 aliphatic carbocycles. The Balaban J connectivity index is 1.55. The molecule has 0 radical (unpaired) electrons. The molecule has 0 amide bonds. The first-order valence-electron chi connectivity index (χ1n) is 9.53. The Morgan fingerprint density at radius 2 is 1.91 bits per heavy atom. The van der Waals surface area contributed by atoms with Crippen LogP contribution in [-0.2, 0) is 23.2 Å². The maximum absolute atomic E-state index is 14.3. The van der Waals surface area contributed by atoms with Crippen LogP contribution in [0.15, 0.2) is 42.6 Å². The van der Waals surface area contributed by atoms with Crippen molar-refractivity contribution in [2.75, 3.05) is 24.3 Å². The summed E-state index contributed by atoms with van der Waals surface area (Å²) in [6.07, 6.45) is 1.61. The molecule has 0 unspecified atom stereocenters. The van der Waals surface area contributed by atoms with Gasteiger partial charge in [-0.3, -0.25) is 0 Å². The number of benzene rings is 2. The van der Waals surface area contributed by atoms with Gasteiger partial charge >= 0.3 is 0 Å². The molecule has 1 aromatic heterocycles. The Labute approximate surface area is 189 Å². The average molecular weight is 479 g/mol. The molecule has 0 saturated heterocycles. The highest BCUT2D eigenvalue weighted by Gasteiger charge is 2.23. The number of fused-ring (bicyclic) bond motifs is 1. The molecule has 0 saturated carbocycles. The molecular formula is C20H20ClFN6O3S. The van der Waals surface area contributed by atoms with Gasteiger partial charge in [-0.15, -0.1) is 0 Å². The van der Waals surface area contributed by atoms with Crippen molar-refractivity contribution >= 4 is 45.0 Å². The fourth-order valence-electron chi connectivity index (χ4n) is 3.34. The molecule has 9 nitrogen and oxygen atoms in total. The van der Waals surface area contributed by atoms with E-state index in [0.717, 1.165) is 17.3 Å². The van der Waals surface area contributed by atoms with Crippen LogP contribution in [0.2, 0.25) is 5.02 Å². The van der Waals surface area contributed by atoms with Crippen molar-refractivity contribution in [1.29, 1.82) is 0 Å². The van der Waals surface area contributed by atoms with E-state index in [0.29, 0.717) is 35.1 Å². The van der Waals surface area contributed by atoms with Gasteiger partial charge in [0.05, 0.1) is 18.3 Å². The summed E-state index contributed by atoms with van der Waals surface area (Å²) in [4.78, 5) is 8.18. The third kappa shape index (κ3) is 4.91. The largest absolute Gasteiger partial charge is 0.495 e. The first-order chi connectivity index (χ1) is 15.2. The van der Waals surface area contributed by atoms with Crippen molar-refractivity contribution in [1.82, 2.24) is 14.3 Å². The average Bonchev–Trinajstić information content (AvgIpc) is 2.76. The molecule has 0 fully saturated rings. The van der Waals surface area contributed by atoms with Crippen molar-refractivity contribution in [3.8, 4) is 5.75 Å². The molecule has 2 heterocycles. The smallest absolute Gasteiger partial charge is 0.277 e. The second-order valence-corrected chi connectivity index (χ2v) is 9.06. The van der Waals surface area contributed by atoms with Crippen LogP contribution in [0.4, 0.5) is 27.5 Å². The number of nitrogens with zero attached hydrogens (tertiary/aromatic N) is 3. The molecular weight excluding hydrogens is 459 g/mol. The quantitative estimate of drug-likeness (QED) is 0.496. The van der Waals surface area contributed by atoms with Crippen LogP contribution in [0.5, 0.6) is 5.75 Å². The third-order valence-electron chi connectivity index (χ3n) is 4.96. The van der Waals surface area contributed by atoms with Crippen LogP contribution < -0.4 is 20.5 Å². The summed E-state index contributed by atoms with van der Waals surface area (Å²) in [5.74, 6) is -0.0788. The maximum Gasteiger partial charge on any atom is 0.277 e. The molecule has 3 aromatic rings. The van der Waals surface area contributed by atoms with E-state index in [2.05, 4.69) is 20.6 Å². The Hall–Kier alpha value is -2.99. The lowest BCUT2D eigenvalue weighted by Crippen LogP contribution is -2.40. The number of aromatic nitrogens is 2. The number of nitrogens with one attached hydrogen (secondary N) is 2. The third-order valence-corrected chi connectivity index (χ3v) is 6.30. The van der Waals surface area contributed by atoms with Gasteiger partial charge in [-0.25, -0.2) is 14.5 Å². The maximum atomic E-state index is 14.3. The molecule has 168 valence electrons. The molecule has 0 spiro atoms. The predicted molar refractivity (Wildman–Crippen MR) is 120 cm³/mol. The Morgan fingerprint density at radius 3 is 2.66 bits per heavy atom. The summed E-state index contributed by atoms with van der Waals surface area (Å²) in [6.45, 7) is 0.517. The minimum absolute atomic E-state index is 0.0368. The topological polar surface area (TPSA) is 122 Å². The number of ether oxygens (including phenoxy) is 1. The first kappa shape index (κ1) is 22.2. The zero-order chi connectivity index (χ0) is 22.9. The zero-order valence-corrected chi connectivity index (χ0v) is 18.5. The minimum Gasteiger partial charge on any atom is -0.495 e. The molecule has 2 aromatic carbocycles. The summed E-state index contributed by atoms with van der Waals surface area (Å²) in [5, 5.41) is 11.6. The zero-order valence-electron chi connectivity index (χ0n) is 17.0. The van der Waals surface area contributed by atoms with Gasteiger partial charge in [0, 0.05) is 30.5 Å². The van der Waals surface area contributed by atoms with Gasteiger partial charge in [0.1, 0.15) is 5.75 Å². The van der Waals surface area contributed by atoms with Crippen LogP contribution in [0, 0.1) is 5.82 Å². The van der Waals surface area contributed by atoms with Crippen molar-refractivity contribution in [2.45, 2.75) is 13.0 Å². The molecule has 32 heavy (non-hydrogen) atoms. The Bertz CT molecular complexity index is 1270. The van der Waals surface area contributed by atoms with Gasteiger partial charge in [-0.1, -0.05) is 17.7 Å². The Kier molecular flexibility index (Phi) is 6.15. The summed E-state index contributed by atoms with van der Waals surface area (Å²) in [5.41, 5.74) is 3.02. The second kappa shape index (κ2) is 8.87. The lowest BCUT2D eigenvalue weighted by molar-refractivity contribution is 0.392. The van der Waals surface area contributed by atoms with Gasteiger partial charge in [0.2, 0.25) is 5.95 Å². The van der Waals surface area contributed by atoms with Gasteiger partial charge in [0.25, 0.3) is 10.2 Å². The molecule has 4 N–H and O–H groups in total. The van der Waals surface area contributed by atoms with Gasteiger partial charge in [0.15, 0.2) is 11.6 Å². The lowest BCUT2D eigenvalue weighted by Gasteiger charge is -2.26. The van der Waals surface area contributed by atoms with E-state index in [1.807, 2.05) is 12.1 Å². The normalized spacial score (nSPS) is 14.0. The number of halogens is 2. The highest BCUT2D eigenvalue weighted by molar-refractivity contribution is 7.86. The second-order valence-electron chi connectivity index (χ2n) is 7.10. The van der Waals surface area contributed by atoms with Gasteiger partial charge in [-0.2, -0.15) is 17.7 Å². The van der Waals surface area contributed by atoms with E-state index in [9.17, 15) is 12.8 Å². The fraction of sp³-hybridized carbons (Fsp3) is 0.200. The van der Waals surface area contributed by atoms with Gasteiger partial charge < -0.3 is 15.4 Å². The number of rotatable bonds is 6. The summed E-state index contributed by atoms with van der Waals surface area (Å²) < 4.78 is 44.0. The van der Waals surface area contributed by atoms with Crippen molar-refractivity contribution in [2.24, 2.45) is 5.14 Å². The minimum atomic E-state index is -3.77. The van der Waals surface area contributed by atoms with E-state index < -0.39 is 16.0 Å². The molecule has 0 atom stereocenters. The summed E-state index contributed by atoms with van der Waals surface area (Å²) >= 11 is 6.02. The van der Waals surface area contributed by atoms with Crippen molar-refractivity contribution in [3.63, 3.8) is 0 Å². The molecule has 1 aliphatic heterocycles. The molecule has 1 aliphatic rings. The van der Waals surface area contributed by atoms with Crippen molar-refractivity contribution < 1.29 is 17.5 Å². The number of methoxy groups -OCH3 is 1. The number of hydrogen-bond acceptors (Lipinski definition) is 7. The standard InChI is InChI=1S/C20H20ClFN6O3S/c1-31-18-9-15(4-5-16(18)21)25-19-17(22)10-24-20(27-19)26-14-3-2-12-6-7-28(32(23,29)30)11-13(12)8-14/h2-5,8-10H,6-7,11H2,1H3,(H2,23,29,30)(H2,24,25,26,27). The number of nitrogens with two attached hydrogens (primary N) is 1. The van der Waals surface area contributed by atoms with E-state index in [1.54, 1.807) is 24.3 Å². The van der Waals surface area contributed by atoms with E-state index in [-0.39, 0.29) is 18.3 Å². The summed E-state index contributed by atoms with van der Waals surface area (Å²) in [6, 6.07) is 10.4. The molecule has 12 heteroatoms. The fourth-order valence-corrected chi connectivity index (χ4v) is 4.20. The van der Waals surface area contributed by atoms with Gasteiger partial charge in [-0.05, 0) is 41.8 Å². The highest BCUT2D eigenvalue weighted by Crippen LogP contribution is 2.30. The predicted octanol–water partition coefficient (Wildman–Crippen LogP) is 3.33. The van der Waals surface area contributed by atoms with Crippen LogP contribution in [0.3, 0.4) is 0 Å². The molecule has 0 bridgehead atoms.